The number of fused-ring (bicyclic) bond motifs is 1. The molecule has 3 heteroatoms. The molecule has 2 aliphatic rings. The van der Waals surface area contributed by atoms with Crippen LogP contribution in [0, 0.1) is 11.8 Å². The van der Waals surface area contributed by atoms with Gasteiger partial charge in [-0.05, 0) is 38.0 Å². The fraction of sp³-hybridized carbons (Fsp3) is 0.941. The molecule has 1 saturated heterocycles. The van der Waals surface area contributed by atoms with Crippen molar-refractivity contribution >= 4 is 5.91 Å². The molecule has 0 aromatic heterocycles. The van der Waals surface area contributed by atoms with Crippen LogP contribution >= 0.6 is 0 Å². The third-order valence-corrected chi connectivity index (χ3v) is 5.49. The minimum atomic E-state index is 0.0948. The number of amides is 1. The van der Waals surface area contributed by atoms with E-state index < -0.39 is 0 Å². The molecule has 3 unspecified atom stereocenters. The van der Waals surface area contributed by atoms with E-state index in [2.05, 4.69) is 31.0 Å². The minimum Gasteiger partial charge on any atom is -0.341 e. The molecule has 0 spiro atoms. The highest BCUT2D eigenvalue weighted by molar-refractivity contribution is 5.82. The summed E-state index contributed by atoms with van der Waals surface area (Å²) in [6, 6.07) is 0.710. The number of hydrogen-bond donors (Lipinski definition) is 1. The van der Waals surface area contributed by atoms with Crippen LogP contribution in [0.3, 0.4) is 0 Å². The van der Waals surface area contributed by atoms with Gasteiger partial charge in [-0.2, -0.15) is 0 Å². The van der Waals surface area contributed by atoms with E-state index in [1.807, 2.05) is 0 Å². The van der Waals surface area contributed by atoms with Gasteiger partial charge in [0.15, 0.2) is 0 Å². The number of nitrogens with zero attached hydrogens (tertiary/aromatic N) is 1. The first kappa shape index (κ1) is 15.8. The molecule has 1 heterocycles. The zero-order valence-electron chi connectivity index (χ0n) is 13.5. The first-order valence-electron chi connectivity index (χ1n) is 8.74. The largest absolute Gasteiger partial charge is 0.341 e. The van der Waals surface area contributed by atoms with Crippen LogP contribution in [0.25, 0.3) is 0 Å². The maximum Gasteiger partial charge on any atom is 0.239 e. The Hall–Kier alpha value is -0.570. The summed E-state index contributed by atoms with van der Waals surface area (Å²) in [4.78, 5) is 14.8. The first-order chi connectivity index (χ1) is 9.69. The van der Waals surface area contributed by atoms with Crippen molar-refractivity contribution in [2.24, 2.45) is 11.8 Å². The SMILES string of the molecule is CCC(CC)CN(CC)C(=O)C1CC2CCCCC2N1. The normalized spacial score (nSPS) is 29.5. The second-order valence-corrected chi connectivity index (χ2v) is 6.67. The minimum absolute atomic E-state index is 0.0948. The third kappa shape index (κ3) is 3.55. The summed E-state index contributed by atoms with van der Waals surface area (Å²) in [7, 11) is 0. The lowest BCUT2D eigenvalue weighted by Crippen LogP contribution is -2.46. The number of likely N-dealkylation sites (N-methyl/N-ethyl adjacent to an activating group) is 1. The van der Waals surface area contributed by atoms with Crippen molar-refractivity contribution in [1.29, 1.82) is 0 Å². The molecule has 1 saturated carbocycles. The molecule has 20 heavy (non-hydrogen) atoms. The highest BCUT2D eigenvalue weighted by Crippen LogP contribution is 2.33. The molecule has 2 rings (SSSR count). The van der Waals surface area contributed by atoms with Crippen molar-refractivity contribution in [3.8, 4) is 0 Å². The monoisotopic (exact) mass is 280 g/mol. The van der Waals surface area contributed by atoms with Gasteiger partial charge in [-0.1, -0.05) is 39.5 Å². The maximum absolute atomic E-state index is 12.8. The van der Waals surface area contributed by atoms with E-state index in [-0.39, 0.29) is 6.04 Å². The van der Waals surface area contributed by atoms with Crippen molar-refractivity contribution in [2.45, 2.75) is 77.8 Å². The van der Waals surface area contributed by atoms with Crippen molar-refractivity contribution in [1.82, 2.24) is 10.2 Å². The number of rotatable bonds is 6. The van der Waals surface area contributed by atoms with Crippen LogP contribution < -0.4 is 5.32 Å². The van der Waals surface area contributed by atoms with Gasteiger partial charge in [-0.3, -0.25) is 4.79 Å². The van der Waals surface area contributed by atoms with Crippen LogP contribution in [-0.4, -0.2) is 36.0 Å². The molecule has 0 aromatic rings. The number of carbonyl (C=O) groups is 1. The van der Waals surface area contributed by atoms with E-state index in [9.17, 15) is 4.79 Å². The van der Waals surface area contributed by atoms with Gasteiger partial charge >= 0.3 is 0 Å². The average Bonchev–Trinajstić information content (AvgIpc) is 2.92. The molecule has 1 aliphatic heterocycles. The van der Waals surface area contributed by atoms with Crippen LogP contribution in [0.15, 0.2) is 0 Å². The zero-order chi connectivity index (χ0) is 14.5. The van der Waals surface area contributed by atoms with E-state index >= 15 is 0 Å². The summed E-state index contributed by atoms with van der Waals surface area (Å²) < 4.78 is 0. The molecule has 116 valence electrons. The number of hydrogen-bond acceptors (Lipinski definition) is 2. The molecule has 2 fully saturated rings. The van der Waals surface area contributed by atoms with Crippen molar-refractivity contribution in [3.05, 3.63) is 0 Å². The highest BCUT2D eigenvalue weighted by Gasteiger charge is 2.39. The quantitative estimate of drug-likeness (QED) is 0.810. The van der Waals surface area contributed by atoms with Crippen LogP contribution in [0.4, 0.5) is 0 Å². The second-order valence-electron chi connectivity index (χ2n) is 6.67. The lowest BCUT2D eigenvalue weighted by molar-refractivity contribution is -0.133. The Bertz CT molecular complexity index is 296. The number of nitrogens with one attached hydrogen (secondary N) is 1. The first-order valence-corrected chi connectivity index (χ1v) is 8.74. The fourth-order valence-corrected chi connectivity index (χ4v) is 3.96. The molecule has 1 amide bonds. The van der Waals surface area contributed by atoms with Crippen LogP contribution in [0.1, 0.15) is 65.7 Å². The Kier molecular flexibility index (Phi) is 5.88. The van der Waals surface area contributed by atoms with Gasteiger partial charge in [0.2, 0.25) is 5.91 Å². The predicted molar refractivity (Wildman–Crippen MR) is 83.6 cm³/mol. The molecule has 0 radical (unpaired) electrons. The Morgan fingerprint density at radius 3 is 2.50 bits per heavy atom. The van der Waals surface area contributed by atoms with Gasteiger partial charge in [0, 0.05) is 19.1 Å². The lowest BCUT2D eigenvalue weighted by Gasteiger charge is -2.28. The topological polar surface area (TPSA) is 32.3 Å². The Labute approximate surface area is 124 Å². The molecular formula is C17H32N2O. The summed E-state index contributed by atoms with van der Waals surface area (Å²) in [6.45, 7) is 8.37. The van der Waals surface area contributed by atoms with E-state index in [0.717, 1.165) is 25.4 Å². The van der Waals surface area contributed by atoms with Gasteiger partial charge in [0.05, 0.1) is 6.04 Å². The van der Waals surface area contributed by atoms with Gasteiger partial charge in [0.25, 0.3) is 0 Å². The second kappa shape index (κ2) is 7.44. The lowest BCUT2D eigenvalue weighted by atomic mass is 9.85. The van der Waals surface area contributed by atoms with E-state index in [0.29, 0.717) is 17.9 Å². The summed E-state index contributed by atoms with van der Waals surface area (Å²) in [5.74, 6) is 1.76. The molecule has 1 aliphatic carbocycles. The van der Waals surface area contributed by atoms with Crippen LogP contribution in [0.5, 0.6) is 0 Å². The summed E-state index contributed by atoms with van der Waals surface area (Å²) in [6.07, 6.45) is 8.69. The highest BCUT2D eigenvalue weighted by atomic mass is 16.2. The standard InChI is InChI=1S/C17H32N2O/c1-4-13(5-2)12-19(6-3)17(20)16-11-14-9-7-8-10-15(14)18-16/h13-16,18H,4-12H2,1-3H3. The molecule has 0 bridgehead atoms. The van der Waals surface area contributed by atoms with E-state index in [4.69, 9.17) is 0 Å². The summed E-state index contributed by atoms with van der Waals surface area (Å²) in [5.41, 5.74) is 0. The van der Waals surface area contributed by atoms with Gasteiger partial charge < -0.3 is 10.2 Å². The molecular weight excluding hydrogens is 248 g/mol. The Balaban J connectivity index is 1.91. The van der Waals surface area contributed by atoms with Crippen LogP contribution in [0.2, 0.25) is 0 Å². The molecule has 3 nitrogen and oxygen atoms in total. The fourth-order valence-electron chi connectivity index (χ4n) is 3.96. The molecule has 3 atom stereocenters. The van der Waals surface area contributed by atoms with Gasteiger partial charge in [-0.25, -0.2) is 0 Å². The van der Waals surface area contributed by atoms with Crippen molar-refractivity contribution in [2.75, 3.05) is 13.1 Å². The summed E-state index contributed by atoms with van der Waals surface area (Å²) in [5, 5.41) is 3.63. The van der Waals surface area contributed by atoms with Gasteiger partial charge in [0.1, 0.15) is 0 Å². The zero-order valence-corrected chi connectivity index (χ0v) is 13.5. The third-order valence-electron chi connectivity index (χ3n) is 5.49. The number of carbonyl (C=O) groups excluding carboxylic acids is 1. The van der Waals surface area contributed by atoms with Crippen LogP contribution in [-0.2, 0) is 4.79 Å². The molecule has 0 aromatic carbocycles. The average molecular weight is 280 g/mol. The maximum atomic E-state index is 12.8. The summed E-state index contributed by atoms with van der Waals surface area (Å²) >= 11 is 0. The van der Waals surface area contributed by atoms with Gasteiger partial charge in [-0.15, -0.1) is 0 Å². The Morgan fingerprint density at radius 2 is 1.90 bits per heavy atom. The smallest absolute Gasteiger partial charge is 0.239 e. The van der Waals surface area contributed by atoms with E-state index in [1.165, 1.54) is 38.5 Å². The molecule has 1 N–H and O–H groups in total. The predicted octanol–water partition coefficient (Wildman–Crippen LogP) is 3.19. The van der Waals surface area contributed by atoms with E-state index in [1.54, 1.807) is 0 Å². The Morgan fingerprint density at radius 1 is 1.20 bits per heavy atom. The van der Waals surface area contributed by atoms with Crippen molar-refractivity contribution in [3.63, 3.8) is 0 Å². The van der Waals surface area contributed by atoms with Crippen molar-refractivity contribution < 1.29 is 4.79 Å².